The molecule has 0 aromatic heterocycles. The van der Waals surface area contributed by atoms with E-state index in [1.807, 2.05) is 6.07 Å². The number of carbonyl (C=O) groups is 1. The maximum atomic E-state index is 12.7. The molecule has 0 amide bonds. The lowest BCUT2D eigenvalue weighted by Gasteiger charge is -2.60. The van der Waals surface area contributed by atoms with Crippen LogP contribution in [0.4, 0.5) is 0 Å². The first-order valence-electron chi connectivity index (χ1n) is 8.74. The van der Waals surface area contributed by atoms with Gasteiger partial charge in [0.15, 0.2) is 5.79 Å². The molecule has 2 bridgehead atoms. The highest BCUT2D eigenvalue weighted by molar-refractivity contribution is 5.94. The van der Waals surface area contributed by atoms with Gasteiger partial charge < -0.3 is 14.2 Å². The number of hydrogen-bond acceptors (Lipinski definition) is 4. The molecule has 2 aliphatic heterocycles. The lowest BCUT2D eigenvalue weighted by molar-refractivity contribution is -0.252. The SMILES string of the molecule is O=C1C2COC3(CCC4(CC3)OCCO4)C1C2c1ccccc1. The summed E-state index contributed by atoms with van der Waals surface area (Å²) in [6, 6.07) is 10.5. The minimum Gasteiger partial charge on any atom is -0.373 e. The standard InChI is InChI=1S/C19H22O4/c20-17-14-12-23-18(6-8-19(9-7-18)21-10-11-22-19)16(17)15(14)13-4-2-1-3-5-13/h1-5,14-16H,6-12H2. The predicted molar refractivity (Wildman–Crippen MR) is 83.0 cm³/mol. The largest absolute Gasteiger partial charge is 0.373 e. The zero-order valence-electron chi connectivity index (χ0n) is 13.2. The molecule has 0 N–H and O–H groups in total. The van der Waals surface area contributed by atoms with Crippen molar-refractivity contribution in [2.75, 3.05) is 19.8 Å². The molecule has 4 fully saturated rings. The normalized spacial score (nSPS) is 37.0. The monoisotopic (exact) mass is 314 g/mol. The van der Waals surface area contributed by atoms with E-state index in [2.05, 4.69) is 24.3 Å². The Hall–Kier alpha value is -1.23. The molecule has 2 spiro atoms. The van der Waals surface area contributed by atoms with Crippen LogP contribution in [0.2, 0.25) is 0 Å². The summed E-state index contributed by atoms with van der Waals surface area (Å²) in [4.78, 5) is 12.7. The van der Waals surface area contributed by atoms with Crippen LogP contribution in [0.1, 0.15) is 37.2 Å². The third-order valence-electron chi connectivity index (χ3n) is 6.44. The lowest BCUT2D eigenvalue weighted by atomic mass is 9.51. The van der Waals surface area contributed by atoms with E-state index >= 15 is 0 Å². The van der Waals surface area contributed by atoms with Crippen LogP contribution in [0.15, 0.2) is 30.3 Å². The second-order valence-corrected chi connectivity index (χ2v) is 7.41. The first-order valence-corrected chi connectivity index (χ1v) is 8.74. The molecule has 4 heteroatoms. The molecule has 2 heterocycles. The van der Waals surface area contributed by atoms with Gasteiger partial charge in [-0.1, -0.05) is 30.3 Å². The fourth-order valence-electron chi connectivity index (χ4n) is 5.21. The molecule has 2 aliphatic carbocycles. The second kappa shape index (κ2) is 4.88. The van der Waals surface area contributed by atoms with E-state index < -0.39 is 5.79 Å². The summed E-state index contributed by atoms with van der Waals surface area (Å²) >= 11 is 0. The lowest BCUT2D eigenvalue weighted by Crippen LogP contribution is -2.67. The van der Waals surface area contributed by atoms with Gasteiger partial charge >= 0.3 is 0 Å². The predicted octanol–water partition coefficient (Wildman–Crippen LogP) is 2.67. The van der Waals surface area contributed by atoms with E-state index in [-0.39, 0.29) is 17.4 Å². The van der Waals surface area contributed by atoms with Crippen LogP contribution in [-0.4, -0.2) is 37.0 Å². The molecule has 4 nitrogen and oxygen atoms in total. The second-order valence-electron chi connectivity index (χ2n) is 7.41. The first kappa shape index (κ1) is 14.1. The molecular weight excluding hydrogens is 292 g/mol. The number of Topliss-reactive ketones (excluding diaryl/α,β-unsaturated/α-hetero) is 1. The van der Waals surface area contributed by atoms with Gasteiger partial charge in [0, 0.05) is 24.7 Å². The molecule has 1 aromatic rings. The fraction of sp³-hybridized carbons (Fsp3) is 0.632. The minimum atomic E-state index is -0.402. The summed E-state index contributed by atoms with van der Waals surface area (Å²) in [5.41, 5.74) is 0.992. The van der Waals surface area contributed by atoms with Crippen LogP contribution in [0.3, 0.4) is 0 Å². The van der Waals surface area contributed by atoms with Crippen molar-refractivity contribution in [1.82, 2.24) is 0 Å². The van der Waals surface area contributed by atoms with Crippen LogP contribution < -0.4 is 0 Å². The molecule has 3 atom stereocenters. The number of carbonyl (C=O) groups excluding carboxylic acids is 1. The van der Waals surface area contributed by atoms with Gasteiger partial charge in [-0.3, -0.25) is 4.79 Å². The summed E-state index contributed by atoms with van der Waals surface area (Å²) in [6.07, 6.45) is 3.39. The Bertz CT molecular complexity index is 610. The van der Waals surface area contributed by atoms with Crippen molar-refractivity contribution in [1.29, 1.82) is 0 Å². The average Bonchev–Trinajstić information content (AvgIpc) is 3.06. The van der Waals surface area contributed by atoms with Gasteiger partial charge in [0.05, 0.1) is 31.3 Å². The molecule has 4 aliphatic rings. The maximum absolute atomic E-state index is 12.7. The van der Waals surface area contributed by atoms with E-state index in [1.165, 1.54) is 5.56 Å². The molecule has 23 heavy (non-hydrogen) atoms. The Balaban J connectivity index is 1.42. The van der Waals surface area contributed by atoms with Gasteiger partial charge in [0.2, 0.25) is 0 Å². The fourth-order valence-corrected chi connectivity index (χ4v) is 5.21. The number of ketones is 1. The summed E-state index contributed by atoms with van der Waals surface area (Å²) in [5, 5.41) is 0. The summed E-state index contributed by atoms with van der Waals surface area (Å²) < 4.78 is 17.9. The highest BCUT2D eigenvalue weighted by Crippen LogP contribution is 2.60. The van der Waals surface area contributed by atoms with E-state index in [1.54, 1.807) is 0 Å². The quantitative estimate of drug-likeness (QED) is 0.799. The van der Waals surface area contributed by atoms with E-state index in [4.69, 9.17) is 14.2 Å². The Kier molecular flexibility index (Phi) is 3.00. The molecule has 5 rings (SSSR count). The average molecular weight is 314 g/mol. The van der Waals surface area contributed by atoms with Crippen molar-refractivity contribution in [3.8, 4) is 0 Å². The van der Waals surface area contributed by atoms with Crippen molar-refractivity contribution in [3.05, 3.63) is 35.9 Å². The van der Waals surface area contributed by atoms with E-state index in [0.717, 1.165) is 25.7 Å². The Morgan fingerprint density at radius 2 is 1.61 bits per heavy atom. The van der Waals surface area contributed by atoms with E-state index in [0.29, 0.717) is 31.5 Å². The van der Waals surface area contributed by atoms with Crippen LogP contribution >= 0.6 is 0 Å². The number of fused-ring (bicyclic) bond motifs is 3. The molecule has 3 unspecified atom stereocenters. The van der Waals surface area contributed by atoms with Crippen molar-refractivity contribution >= 4 is 5.78 Å². The van der Waals surface area contributed by atoms with Gasteiger partial charge in [0.25, 0.3) is 0 Å². The molecule has 1 aromatic carbocycles. The van der Waals surface area contributed by atoms with Gasteiger partial charge in [-0.15, -0.1) is 0 Å². The van der Waals surface area contributed by atoms with Gasteiger partial charge in [-0.2, -0.15) is 0 Å². The third-order valence-corrected chi connectivity index (χ3v) is 6.44. The van der Waals surface area contributed by atoms with Crippen molar-refractivity contribution < 1.29 is 19.0 Å². The smallest absolute Gasteiger partial charge is 0.168 e. The van der Waals surface area contributed by atoms with Crippen molar-refractivity contribution in [2.24, 2.45) is 11.8 Å². The molecule has 0 radical (unpaired) electrons. The van der Waals surface area contributed by atoms with E-state index in [9.17, 15) is 4.79 Å². The summed E-state index contributed by atoms with van der Waals surface area (Å²) in [6.45, 7) is 1.94. The number of hydrogen-bond donors (Lipinski definition) is 0. The Labute approximate surface area is 136 Å². The number of ether oxygens (including phenoxy) is 3. The van der Waals surface area contributed by atoms with Crippen molar-refractivity contribution in [2.45, 2.75) is 43.0 Å². The van der Waals surface area contributed by atoms with Crippen LogP contribution in [0.5, 0.6) is 0 Å². The van der Waals surface area contributed by atoms with Crippen LogP contribution in [0.25, 0.3) is 0 Å². The van der Waals surface area contributed by atoms with Gasteiger partial charge in [-0.05, 0) is 18.4 Å². The highest BCUT2D eigenvalue weighted by atomic mass is 16.7. The summed E-state index contributed by atoms with van der Waals surface area (Å²) in [7, 11) is 0. The van der Waals surface area contributed by atoms with Gasteiger partial charge in [-0.25, -0.2) is 0 Å². The molecular formula is C19H22O4. The third kappa shape index (κ3) is 1.92. The molecule has 2 saturated heterocycles. The topological polar surface area (TPSA) is 44.8 Å². The van der Waals surface area contributed by atoms with Crippen LogP contribution in [0, 0.1) is 11.8 Å². The molecule has 122 valence electrons. The zero-order valence-corrected chi connectivity index (χ0v) is 13.2. The highest BCUT2D eigenvalue weighted by Gasteiger charge is 2.65. The number of rotatable bonds is 1. The summed E-state index contributed by atoms with van der Waals surface area (Å²) in [5.74, 6) is 0.414. The Morgan fingerprint density at radius 3 is 2.26 bits per heavy atom. The zero-order chi connectivity index (χ0) is 15.5. The number of benzene rings is 1. The van der Waals surface area contributed by atoms with Crippen molar-refractivity contribution in [3.63, 3.8) is 0 Å². The van der Waals surface area contributed by atoms with Gasteiger partial charge in [0.1, 0.15) is 5.78 Å². The maximum Gasteiger partial charge on any atom is 0.168 e. The first-order chi connectivity index (χ1) is 11.2. The molecule has 2 saturated carbocycles. The minimum absolute atomic E-state index is 0.0161. The Morgan fingerprint density at radius 1 is 0.913 bits per heavy atom. The van der Waals surface area contributed by atoms with Crippen LogP contribution in [-0.2, 0) is 19.0 Å².